The minimum absolute atomic E-state index is 0. The van der Waals surface area contributed by atoms with Gasteiger partial charge in [0, 0.05) is 40.3 Å². The zero-order chi connectivity index (χ0) is 81.2. The van der Waals surface area contributed by atoms with Crippen LogP contribution in [0.2, 0.25) is 0 Å². The van der Waals surface area contributed by atoms with Gasteiger partial charge in [0.2, 0.25) is 5.91 Å². The summed E-state index contributed by atoms with van der Waals surface area (Å²) in [5.41, 5.74) is 24.7. The first-order chi connectivity index (χ1) is 53.2. The fourth-order valence-electron chi connectivity index (χ4n) is 11.3. The number of nitriles is 6. The number of aliphatic carboxylic acids is 1. The third-order valence-electron chi connectivity index (χ3n) is 16.8. The molecule has 574 valence electrons. The summed E-state index contributed by atoms with van der Waals surface area (Å²) in [5, 5.41) is 95.6. The number of likely N-dealkylation sites (N-methyl/N-ethyl adjacent to an activating group) is 2. The van der Waals surface area contributed by atoms with E-state index >= 15 is 0 Å². The molecule has 8 N–H and O–H groups in total. The number of rotatable bonds is 15. The summed E-state index contributed by atoms with van der Waals surface area (Å²) in [6.45, 7) is 7.04. The molecule has 0 spiro atoms. The quantitative estimate of drug-likeness (QED) is 0.0368. The van der Waals surface area contributed by atoms with Crippen LogP contribution in [0.15, 0.2) is 219 Å². The van der Waals surface area contributed by atoms with E-state index in [2.05, 4.69) is 44.3 Å². The molecule has 0 saturated carbocycles. The second kappa shape index (κ2) is 47.5. The van der Waals surface area contributed by atoms with Crippen molar-refractivity contribution < 1.29 is 100 Å². The number of carbonyl (C=O) groups is 3. The number of fused-ring (bicyclic) bond motifs is 3. The van der Waals surface area contributed by atoms with E-state index in [-0.39, 0.29) is 121 Å². The molecular formula is C84H76BBrCl2N14Na2O11. The Kier molecular flexibility index (Phi) is 40.5. The number of nitrogens with zero attached hydrogens (tertiary/aromatic N) is 11. The molecule has 25 nitrogen and oxygen atoms in total. The molecule has 0 aliphatic heterocycles. The van der Waals surface area contributed by atoms with Crippen molar-refractivity contribution in [2.45, 2.75) is 40.4 Å². The number of halogens is 3. The van der Waals surface area contributed by atoms with Gasteiger partial charge in [-0.3, -0.25) is 47.4 Å². The second-order valence-corrected chi connectivity index (χ2v) is 26.2. The molecule has 0 bridgehead atoms. The second-order valence-electron chi connectivity index (χ2n) is 25.3. The molecule has 3 aromatic heterocycles. The van der Waals surface area contributed by atoms with Crippen molar-refractivity contribution in [3.05, 3.63) is 302 Å². The van der Waals surface area contributed by atoms with Gasteiger partial charge >= 0.3 is 72.2 Å². The predicted octanol–water partition coefficient (Wildman–Crippen LogP) is 3.72. The molecule has 0 saturated heterocycles. The van der Waals surface area contributed by atoms with Crippen LogP contribution in [0.5, 0.6) is 0 Å². The first-order valence-corrected chi connectivity index (χ1v) is 34.5. The van der Waals surface area contributed by atoms with E-state index in [0.717, 1.165) is 76.3 Å². The number of hydrogen-bond donors (Lipinski definition) is 6. The maximum Gasteiger partial charge on any atom is 1.00 e. The van der Waals surface area contributed by atoms with Crippen LogP contribution in [0.3, 0.4) is 0 Å². The van der Waals surface area contributed by atoms with Gasteiger partial charge in [-0.25, -0.2) is 0 Å². The van der Waals surface area contributed by atoms with E-state index in [4.69, 9.17) is 36.7 Å². The van der Waals surface area contributed by atoms with Crippen molar-refractivity contribution in [1.82, 2.24) is 28.8 Å². The molecule has 12 aromatic rings. The molecule has 0 fully saturated rings. The summed E-state index contributed by atoms with van der Waals surface area (Å²) >= 11 is 3.41. The van der Waals surface area contributed by atoms with Crippen LogP contribution in [-0.4, -0.2) is 105 Å². The fraction of sp³-hybridized carbons (Fsp3) is 0.143. The Labute approximate surface area is 730 Å². The Bertz CT molecular complexity index is 5990. The standard InChI is InChI=1S/C29H25N5O2.C25H18N4O.C18H10BrN3O.C7H10BNO2.C4H9NO2.CH2O3.2ClH.2Na.H/c1-19-7-10-26(13-24(19)15-30)34-27-14-22(8-9-23(27)12-25(16-31)29(34)36)21-6-4-5-20(11-21)17-32-28(35)18-33(2)3;1-16-5-8-23(11-21(16)14-27)29-24-12-19(18-4-2-3-17(9-18)13-26)6-7-20(24)10-22(15-28)25(29)30;1-11-2-5-16(7-13(11)9-20)22-17-8-15(19)4-3-12(17)6-14(10-21)18(22)23;9-5-6-2-1-3-7(4-6)8(10)11;1-5(2)3-4(6)7;2-1-4-3;;;;;/h4-14H,17-18H2,1-3H3,(H,32,35);2-12H,13,26H2,1H3;2-8H,1H3;1-4,10-11H,5,9H2;3H2,1-2H3,(H,6,7);1,3H;2*1H;;;/q;;;;;;;;2*+1;-1/p-1. The van der Waals surface area contributed by atoms with Gasteiger partial charge in [-0.2, -0.15) is 31.6 Å². The maximum absolute atomic E-state index is 13.2. The topological polar surface area (TPSA) is 423 Å². The van der Waals surface area contributed by atoms with Crippen LogP contribution in [0.4, 0.5) is 0 Å². The zero-order valence-electron chi connectivity index (χ0n) is 65.1. The number of amides is 1. The molecule has 31 heteroatoms. The summed E-state index contributed by atoms with van der Waals surface area (Å²) in [6, 6.07) is 72.6. The molecule has 0 atom stereocenters. The molecule has 3 heterocycles. The minimum atomic E-state index is -1.40. The van der Waals surface area contributed by atoms with Crippen LogP contribution in [0.1, 0.15) is 68.2 Å². The van der Waals surface area contributed by atoms with Crippen LogP contribution in [0.25, 0.3) is 72.0 Å². The Balaban J connectivity index is 0.000000517. The fourth-order valence-corrected chi connectivity index (χ4v) is 11.7. The predicted molar refractivity (Wildman–Crippen MR) is 441 cm³/mol. The average Bonchev–Trinajstić information content (AvgIpc) is 0.763. The summed E-state index contributed by atoms with van der Waals surface area (Å²) in [4.78, 5) is 75.4. The molecule has 12 rings (SSSR count). The van der Waals surface area contributed by atoms with Crippen molar-refractivity contribution in [2.24, 2.45) is 11.5 Å². The summed E-state index contributed by atoms with van der Waals surface area (Å²) in [7, 11) is 5.72. The number of carboxylic acid groups (broad SMARTS) is 1. The number of benzene rings is 9. The van der Waals surface area contributed by atoms with Gasteiger partial charge in [0.05, 0.1) is 81.6 Å². The smallest absolute Gasteiger partial charge is 1.00 e. The van der Waals surface area contributed by atoms with Gasteiger partial charge in [0.15, 0.2) is 0 Å². The van der Waals surface area contributed by atoms with E-state index in [9.17, 15) is 55.5 Å². The average molecular weight is 1670 g/mol. The number of aromatic nitrogens is 3. The van der Waals surface area contributed by atoms with Gasteiger partial charge in [0.25, 0.3) is 23.2 Å². The third kappa shape index (κ3) is 26.4. The van der Waals surface area contributed by atoms with E-state index in [1.54, 1.807) is 110 Å². The van der Waals surface area contributed by atoms with E-state index in [0.29, 0.717) is 81.9 Å². The van der Waals surface area contributed by atoms with Crippen molar-refractivity contribution in [3.8, 4) is 75.7 Å². The SMILES string of the molecule is CN(C)CC(=O)O.Cc1ccc(-n2c(=O)c(C#N)cc3ccc(-c4cccc(CN)c4)cc32)cc1C#N.Cc1ccc(-n2c(=O)c(C#N)cc3ccc(-c4cccc(CNC(=O)CN(C)C)c4)cc32)cc1C#N.Cc1ccc(-n2c(=O)c(C#N)cc3ccc(Br)cc32)cc1C#N.Cl.Cl.NCc1cccc(B(O)O)c1.O=CO[O-].[H-].[Na+].[Na+]. The number of nitrogens with two attached hydrogens (primary N) is 2. The minimum Gasteiger partial charge on any atom is -1.00 e. The molecule has 0 aliphatic rings. The Morgan fingerprint density at radius 1 is 0.496 bits per heavy atom. The van der Waals surface area contributed by atoms with Gasteiger partial charge in [-0.05, 0) is 201 Å². The normalized spacial score (nSPS) is 9.85. The Morgan fingerprint density at radius 3 is 1.17 bits per heavy atom. The van der Waals surface area contributed by atoms with Crippen molar-refractivity contribution in [2.75, 3.05) is 41.3 Å². The first kappa shape index (κ1) is 98.0. The Hall–Kier alpha value is -11.2. The molecule has 1 amide bonds. The van der Waals surface area contributed by atoms with Gasteiger partial charge in [0.1, 0.15) is 34.9 Å². The number of hydrogen-bond acceptors (Lipinski definition) is 20. The van der Waals surface area contributed by atoms with Crippen LogP contribution in [0, 0.1) is 88.8 Å². The Morgan fingerprint density at radius 2 is 0.835 bits per heavy atom. The maximum atomic E-state index is 13.2. The monoisotopic (exact) mass is 1660 g/mol. The summed E-state index contributed by atoms with van der Waals surface area (Å²) < 4.78 is 5.29. The van der Waals surface area contributed by atoms with E-state index < -0.39 is 29.8 Å². The first-order valence-electron chi connectivity index (χ1n) is 33.7. The molecule has 9 aromatic carbocycles. The summed E-state index contributed by atoms with van der Waals surface area (Å²) in [6.07, 6.45) is 0. The van der Waals surface area contributed by atoms with E-state index in [1.165, 1.54) is 13.7 Å². The number of pyridine rings is 3. The van der Waals surface area contributed by atoms with Crippen molar-refractivity contribution in [1.29, 1.82) is 31.6 Å². The molecule has 0 radical (unpaired) electrons. The van der Waals surface area contributed by atoms with Crippen LogP contribution in [-0.2, 0) is 38.9 Å². The molecule has 0 aliphatic carbocycles. The molecule has 115 heavy (non-hydrogen) atoms. The van der Waals surface area contributed by atoms with E-state index in [1.807, 2.05) is 167 Å². The van der Waals surface area contributed by atoms with Gasteiger partial charge < -0.3 is 48.4 Å². The van der Waals surface area contributed by atoms with Crippen LogP contribution < -0.4 is 103 Å². The molecule has 0 unspecified atom stereocenters. The van der Waals surface area contributed by atoms with Crippen molar-refractivity contribution >= 4 is 104 Å². The largest absolute Gasteiger partial charge is 1.00 e. The van der Waals surface area contributed by atoms with Crippen LogP contribution >= 0.6 is 40.7 Å². The number of carbonyl (C=O) groups excluding carboxylic acids is 2. The third-order valence-corrected chi connectivity index (χ3v) is 17.3. The van der Waals surface area contributed by atoms with Crippen molar-refractivity contribution in [3.63, 3.8) is 0 Å². The molecular weight excluding hydrogens is 1590 g/mol. The number of nitrogens with one attached hydrogen (secondary N) is 1. The number of aryl methyl sites for hydroxylation is 3. The summed E-state index contributed by atoms with van der Waals surface area (Å²) in [5.74, 6) is -0.840. The van der Waals surface area contributed by atoms with Gasteiger partial charge in [-0.1, -0.05) is 125 Å². The zero-order valence-corrected chi connectivity index (χ0v) is 71.3. The van der Waals surface area contributed by atoms with Gasteiger partial charge in [-0.15, -0.1) is 24.8 Å². The number of carboxylic acids is 1.